The van der Waals surface area contributed by atoms with Crippen molar-refractivity contribution in [2.24, 2.45) is 0 Å². The largest absolute Gasteiger partial charge is 0.379 e. The van der Waals surface area contributed by atoms with Crippen LogP contribution in [0.15, 0.2) is 47.4 Å². The number of hydrogen-bond acceptors (Lipinski definition) is 7. The van der Waals surface area contributed by atoms with Crippen LogP contribution in [-0.2, 0) is 14.6 Å². The Bertz CT molecular complexity index is 1200. The van der Waals surface area contributed by atoms with Crippen LogP contribution >= 0.6 is 11.3 Å². The SMILES string of the molecule is Cc1ccc2nc(N(CCCN3CCOCC3)C(=O)c3ccc(S(C)(=O)=O)cc3)sc2c1. The number of carbonyl (C=O) groups excluding carboxylic acids is 1. The summed E-state index contributed by atoms with van der Waals surface area (Å²) in [6.07, 6.45) is 1.97. The minimum Gasteiger partial charge on any atom is -0.379 e. The van der Waals surface area contributed by atoms with Crippen LogP contribution in [0.4, 0.5) is 5.13 Å². The number of nitrogens with zero attached hydrogens (tertiary/aromatic N) is 3. The number of benzene rings is 2. The number of ether oxygens (including phenoxy) is 1. The molecule has 2 heterocycles. The molecule has 0 spiro atoms. The summed E-state index contributed by atoms with van der Waals surface area (Å²) in [5.41, 5.74) is 2.46. The van der Waals surface area contributed by atoms with E-state index < -0.39 is 9.84 Å². The van der Waals surface area contributed by atoms with Gasteiger partial charge in [-0.2, -0.15) is 0 Å². The molecule has 0 atom stereocenters. The maximum atomic E-state index is 13.4. The first-order valence-corrected chi connectivity index (χ1v) is 13.3. The molecule has 9 heteroatoms. The molecule has 170 valence electrons. The Morgan fingerprint density at radius 1 is 1.16 bits per heavy atom. The summed E-state index contributed by atoms with van der Waals surface area (Å²) in [5, 5.41) is 0.657. The molecule has 32 heavy (non-hydrogen) atoms. The van der Waals surface area contributed by atoms with Crippen LogP contribution < -0.4 is 4.90 Å². The number of aryl methyl sites for hydroxylation is 1. The summed E-state index contributed by atoms with van der Waals surface area (Å²) in [7, 11) is -3.32. The molecule has 1 aromatic heterocycles. The van der Waals surface area contributed by atoms with E-state index in [1.165, 1.54) is 23.5 Å². The Morgan fingerprint density at radius 3 is 2.56 bits per heavy atom. The Balaban J connectivity index is 1.58. The number of aromatic nitrogens is 1. The third kappa shape index (κ3) is 5.35. The zero-order chi connectivity index (χ0) is 22.7. The fourth-order valence-corrected chi connectivity index (χ4v) is 5.42. The highest BCUT2D eigenvalue weighted by atomic mass is 32.2. The van der Waals surface area contributed by atoms with Gasteiger partial charge in [-0.1, -0.05) is 17.4 Å². The highest BCUT2D eigenvalue weighted by Gasteiger charge is 2.22. The molecule has 1 amide bonds. The molecule has 2 aromatic carbocycles. The zero-order valence-electron chi connectivity index (χ0n) is 18.3. The summed E-state index contributed by atoms with van der Waals surface area (Å²) >= 11 is 1.50. The van der Waals surface area contributed by atoms with Gasteiger partial charge in [-0.3, -0.25) is 14.6 Å². The van der Waals surface area contributed by atoms with Gasteiger partial charge in [-0.15, -0.1) is 0 Å². The Hall–Kier alpha value is -2.33. The lowest BCUT2D eigenvalue weighted by Gasteiger charge is -2.27. The molecule has 1 fully saturated rings. The third-order valence-corrected chi connectivity index (χ3v) is 7.67. The Kier molecular flexibility index (Phi) is 6.90. The Labute approximate surface area is 192 Å². The quantitative estimate of drug-likeness (QED) is 0.523. The molecule has 0 unspecified atom stereocenters. The van der Waals surface area contributed by atoms with Crippen LogP contribution in [0.3, 0.4) is 0 Å². The molecular weight excluding hydrogens is 446 g/mol. The lowest BCUT2D eigenvalue weighted by molar-refractivity contribution is 0.0376. The number of morpholine rings is 1. The standard InChI is InChI=1S/C23H27N3O4S2/c1-17-4-9-20-21(16-17)31-23(24-20)26(11-3-10-25-12-14-30-15-13-25)22(27)18-5-7-19(8-6-18)32(2,28)29/h4-9,16H,3,10-15H2,1-2H3. The van der Waals surface area contributed by atoms with Gasteiger partial charge in [0.2, 0.25) is 0 Å². The van der Waals surface area contributed by atoms with Gasteiger partial charge in [0, 0.05) is 38.0 Å². The molecule has 4 rings (SSSR count). The second-order valence-electron chi connectivity index (χ2n) is 8.03. The molecule has 1 aliphatic rings. The molecule has 7 nitrogen and oxygen atoms in total. The molecule has 0 N–H and O–H groups in total. The van der Waals surface area contributed by atoms with Crippen LogP contribution in [-0.4, -0.2) is 69.9 Å². The van der Waals surface area contributed by atoms with Gasteiger partial charge in [0.25, 0.3) is 5.91 Å². The predicted molar refractivity (Wildman–Crippen MR) is 127 cm³/mol. The first kappa shape index (κ1) is 22.8. The van der Waals surface area contributed by atoms with E-state index in [0.717, 1.165) is 61.3 Å². The smallest absolute Gasteiger partial charge is 0.260 e. The second kappa shape index (κ2) is 9.66. The van der Waals surface area contributed by atoms with Crippen LogP contribution in [0.25, 0.3) is 10.2 Å². The van der Waals surface area contributed by atoms with Crippen molar-refractivity contribution in [2.75, 3.05) is 50.5 Å². The summed E-state index contributed by atoms with van der Waals surface area (Å²) in [6, 6.07) is 12.2. The van der Waals surface area contributed by atoms with Crippen molar-refractivity contribution in [2.45, 2.75) is 18.2 Å². The van der Waals surface area contributed by atoms with Crippen LogP contribution in [0.5, 0.6) is 0 Å². The van der Waals surface area contributed by atoms with E-state index >= 15 is 0 Å². The fourth-order valence-electron chi connectivity index (χ4n) is 3.70. The Morgan fingerprint density at radius 2 is 1.88 bits per heavy atom. The number of amides is 1. The molecule has 0 saturated carbocycles. The number of carbonyl (C=O) groups is 1. The normalized spacial score (nSPS) is 15.2. The van der Waals surface area contributed by atoms with Crippen LogP contribution in [0.1, 0.15) is 22.3 Å². The van der Waals surface area contributed by atoms with Crippen molar-refractivity contribution in [3.8, 4) is 0 Å². The maximum absolute atomic E-state index is 13.4. The van der Waals surface area contributed by atoms with Crippen molar-refractivity contribution in [3.63, 3.8) is 0 Å². The van der Waals surface area contributed by atoms with Gasteiger partial charge in [0.1, 0.15) is 0 Å². The third-order valence-electron chi connectivity index (χ3n) is 5.50. The maximum Gasteiger partial charge on any atom is 0.260 e. The van der Waals surface area contributed by atoms with E-state index in [2.05, 4.69) is 11.0 Å². The van der Waals surface area contributed by atoms with Gasteiger partial charge in [-0.05, 0) is 55.3 Å². The number of fused-ring (bicyclic) bond motifs is 1. The van der Waals surface area contributed by atoms with Crippen molar-refractivity contribution >= 4 is 42.4 Å². The lowest BCUT2D eigenvalue weighted by atomic mass is 10.2. The summed E-state index contributed by atoms with van der Waals surface area (Å²) in [4.78, 5) is 22.4. The van der Waals surface area contributed by atoms with E-state index in [9.17, 15) is 13.2 Å². The first-order chi connectivity index (χ1) is 15.3. The van der Waals surface area contributed by atoms with E-state index in [-0.39, 0.29) is 10.8 Å². The number of hydrogen-bond donors (Lipinski definition) is 0. The predicted octanol–water partition coefficient (Wildman–Crippen LogP) is 3.38. The first-order valence-electron chi connectivity index (χ1n) is 10.6. The van der Waals surface area contributed by atoms with E-state index in [1.54, 1.807) is 17.0 Å². The van der Waals surface area contributed by atoms with Gasteiger partial charge >= 0.3 is 0 Å². The van der Waals surface area contributed by atoms with E-state index in [4.69, 9.17) is 9.72 Å². The second-order valence-corrected chi connectivity index (χ2v) is 11.1. The fraction of sp³-hybridized carbons (Fsp3) is 0.391. The number of rotatable bonds is 7. The van der Waals surface area contributed by atoms with Crippen molar-refractivity contribution < 1.29 is 17.9 Å². The minimum atomic E-state index is -3.32. The van der Waals surface area contributed by atoms with Crippen LogP contribution in [0.2, 0.25) is 0 Å². The molecule has 1 aliphatic heterocycles. The van der Waals surface area contributed by atoms with Gasteiger partial charge in [0.05, 0.1) is 28.3 Å². The summed E-state index contributed by atoms with van der Waals surface area (Å²) in [6.45, 7) is 6.74. The average Bonchev–Trinajstić information content (AvgIpc) is 3.19. The molecule has 0 radical (unpaired) electrons. The highest BCUT2D eigenvalue weighted by Crippen LogP contribution is 2.30. The van der Waals surface area contributed by atoms with Gasteiger partial charge in [-0.25, -0.2) is 13.4 Å². The van der Waals surface area contributed by atoms with Crippen molar-refractivity contribution in [1.29, 1.82) is 0 Å². The van der Waals surface area contributed by atoms with Crippen LogP contribution in [0, 0.1) is 6.92 Å². The molecule has 1 saturated heterocycles. The van der Waals surface area contributed by atoms with Gasteiger partial charge < -0.3 is 4.74 Å². The highest BCUT2D eigenvalue weighted by molar-refractivity contribution is 7.90. The number of thiazole rings is 1. The zero-order valence-corrected chi connectivity index (χ0v) is 19.9. The molecular formula is C23H27N3O4S2. The summed E-state index contributed by atoms with van der Waals surface area (Å²) in [5.74, 6) is -0.178. The molecule has 3 aromatic rings. The number of sulfone groups is 1. The van der Waals surface area contributed by atoms with E-state index in [0.29, 0.717) is 17.2 Å². The lowest BCUT2D eigenvalue weighted by Crippen LogP contribution is -2.39. The minimum absolute atomic E-state index is 0.178. The topological polar surface area (TPSA) is 79.8 Å². The molecule has 0 bridgehead atoms. The van der Waals surface area contributed by atoms with Crippen molar-refractivity contribution in [3.05, 3.63) is 53.6 Å². The summed E-state index contributed by atoms with van der Waals surface area (Å²) < 4.78 is 30.0. The van der Waals surface area contributed by atoms with Gasteiger partial charge in [0.15, 0.2) is 15.0 Å². The van der Waals surface area contributed by atoms with Crippen molar-refractivity contribution in [1.82, 2.24) is 9.88 Å². The monoisotopic (exact) mass is 473 g/mol. The molecule has 0 aliphatic carbocycles. The van der Waals surface area contributed by atoms with E-state index in [1.807, 2.05) is 19.1 Å². The average molecular weight is 474 g/mol. The number of anilines is 1.